The number of esters is 4. The summed E-state index contributed by atoms with van der Waals surface area (Å²) in [5.41, 5.74) is -6.07. The highest BCUT2D eigenvalue weighted by Crippen LogP contribution is 2.80. The molecule has 0 amide bonds. The average molecular weight is 641 g/mol. The predicted molar refractivity (Wildman–Crippen MR) is 159 cm³/mol. The minimum atomic E-state index is -2.32. The number of ketones is 1. The highest BCUT2D eigenvalue weighted by atomic mass is 16.6. The summed E-state index contributed by atoms with van der Waals surface area (Å²) in [6.07, 6.45) is 1.41. The topological polar surface area (TPSA) is 156 Å². The van der Waals surface area contributed by atoms with Gasteiger partial charge < -0.3 is 28.5 Å². The first-order valence-corrected chi connectivity index (χ1v) is 16.2. The van der Waals surface area contributed by atoms with Crippen LogP contribution in [-0.4, -0.2) is 59.2 Å². The van der Waals surface area contributed by atoms with Crippen LogP contribution in [0.2, 0.25) is 0 Å². The summed E-state index contributed by atoms with van der Waals surface area (Å²) >= 11 is 0. The van der Waals surface area contributed by atoms with Crippen molar-refractivity contribution < 1.29 is 52.4 Å². The number of hydrogen-bond acceptors (Lipinski definition) is 11. The van der Waals surface area contributed by atoms with E-state index in [4.69, 9.17) is 23.4 Å². The number of ether oxygens (including phenoxy) is 4. The molecular weight excluding hydrogens is 596 g/mol. The van der Waals surface area contributed by atoms with E-state index >= 15 is 4.79 Å². The lowest BCUT2D eigenvalue weighted by Gasteiger charge is -2.66. The molecule has 46 heavy (non-hydrogen) atoms. The monoisotopic (exact) mass is 640 g/mol. The molecular formula is C35H44O11. The second kappa shape index (κ2) is 10.3. The molecule has 5 aliphatic rings. The Hall–Kier alpha value is -3.47. The maximum Gasteiger partial charge on any atom is 0.310 e. The molecule has 1 aromatic heterocycles. The Morgan fingerprint density at radius 3 is 2.33 bits per heavy atom. The van der Waals surface area contributed by atoms with Gasteiger partial charge in [-0.25, -0.2) is 0 Å². The number of aliphatic hydroxyl groups is 1. The van der Waals surface area contributed by atoms with Crippen LogP contribution in [-0.2, 0) is 42.9 Å². The van der Waals surface area contributed by atoms with Crippen molar-refractivity contribution in [2.24, 2.45) is 39.9 Å². The van der Waals surface area contributed by atoms with Crippen LogP contribution < -0.4 is 0 Å². The fourth-order valence-electron chi connectivity index (χ4n) is 10.0. The van der Waals surface area contributed by atoms with Crippen molar-refractivity contribution in [3.63, 3.8) is 0 Å². The maximum atomic E-state index is 15.5. The third-order valence-corrected chi connectivity index (χ3v) is 12.3. The molecule has 1 N–H and O–H groups in total. The first-order chi connectivity index (χ1) is 21.4. The van der Waals surface area contributed by atoms with Crippen LogP contribution >= 0.6 is 0 Å². The number of rotatable bonds is 7. The van der Waals surface area contributed by atoms with E-state index < -0.39 is 93.0 Å². The van der Waals surface area contributed by atoms with Crippen LogP contribution in [0.4, 0.5) is 0 Å². The average Bonchev–Trinajstić information content (AvgIpc) is 3.63. The molecule has 0 unspecified atom stereocenters. The Kier molecular flexibility index (Phi) is 7.24. The van der Waals surface area contributed by atoms with Gasteiger partial charge in [-0.3, -0.25) is 24.0 Å². The van der Waals surface area contributed by atoms with E-state index in [2.05, 4.69) is 0 Å². The van der Waals surface area contributed by atoms with Crippen molar-refractivity contribution in [3.05, 3.63) is 35.3 Å². The highest BCUT2D eigenvalue weighted by molar-refractivity contribution is 6.09. The molecule has 0 aromatic carbocycles. The van der Waals surface area contributed by atoms with E-state index in [9.17, 15) is 24.3 Å². The van der Waals surface area contributed by atoms with Gasteiger partial charge in [-0.15, -0.1) is 0 Å². The Balaban J connectivity index is 1.67. The van der Waals surface area contributed by atoms with Gasteiger partial charge in [0.15, 0.2) is 6.10 Å². The van der Waals surface area contributed by atoms with Crippen LogP contribution in [0.25, 0.3) is 0 Å². The third-order valence-electron chi connectivity index (χ3n) is 12.3. The molecule has 250 valence electrons. The van der Waals surface area contributed by atoms with Gasteiger partial charge >= 0.3 is 23.9 Å². The summed E-state index contributed by atoms with van der Waals surface area (Å²) < 4.78 is 28.8. The van der Waals surface area contributed by atoms with Crippen LogP contribution in [0.15, 0.2) is 34.2 Å². The zero-order chi connectivity index (χ0) is 33.8. The molecule has 1 saturated heterocycles. The standard InChI is InChI=1S/C35H44O11/c1-17(2)28(39)45-30-32(6)16-34(41)33(7,22(32)14-23(36)42-8)20-9-11-31(5)21(13-24(37)44-27(31)19-10-12-43-15-19)25(20)26(38)35(30,34)46-29(40)18(3)4/h10,12,15,17-18,20,22,27,30,41H,9,11,13-14,16H2,1-8H3/t20-,22-,27+,30+,31-,32-,33+,34+,35-/m0/s1. The second-order valence-electron chi connectivity index (χ2n) is 15.3. The number of Topliss-reactive ketones (excluding diaryl/α,β-unsaturated/α-hetero) is 1. The smallest absolute Gasteiger partial charge is 0.310 e. The summed E-state index contributed by atoms with van der Waals surface area (Å²) in [7, 11) is 1.29. The van der Waals surface area contributed by atoms with Crippen LogP contribution in [0, 0.1) is 39.9 Å². The minimum absolute atomic E-state index is 0.0542. The molecule has 1 aliphatic heterocycles. The molecule has 3 saturated carbocycles. The van der Waals surface area contributed by atoms with Gasteiger partial charge in [0.25, 0.3) is 0 Å². The van der Waals surface area contributed by atoms with Gasteiger partial charge in [0.05, 0.1) is 37.9 Å². The number of hydrogen-bond donors (Lipinski definition) is 1. The van der Waals surface area contributed by atoms with Crippen LogP contribution in [0.5, 0.6) is 0 Å². The zero-order valence-corrected chi connectivity index (χ0v) is 27.8. The Morgan fingerprint density at radius 2 is 1.74 bits per heavy atom. The van der Waals surface area contributed by atoms with E-state index in [1.807, 2.05) is 13.8 Å². The largest absolute Gasteiger partial charge is 0.472 e. The molecule has 2 heterocycles. The molecule has 6 rings (SSSR count). The van der Waals surface area contributed by atoms with Crippen molar-refractivity contribution in [1.82, 2.24) is 0 Å². The second-order valence-corrected chi connectivity index (χ2v) is 15.3. The fraction of sp³-hybridized carbons (Fsp3) is 0.686. The van der Waals surface area contributed by atoms with Gasteiger partial charge in [-0.05, 0) is 42.7 Å². The lowest BCUT2D eigenvalue weighted by Crippen LogP contribution is -2.80. The molecule has 4 aliphatic carbocycles. The number of methoxy groups -OCH3 is 1. The normalized spacial score (nSPS) is 40.8. The van der Waals surface area contributed by atoms with Gasteiger partial charge in [0.2, 0.25) is 11.4 Å². The summed E-state index contributed by atoms with van der Waals surface area (Å²) in [6, 6.07) is 1.72. The minimum Gasteiger partial charge on any atom is -0.472 e. The number of fused-ring (bicyclic) bond motifs is 4. The first-order valence-electron chi connectivity index (χ1n) is 16.2. The van der Waals surface area contributed by atoms with Crippen molar-refractivity contribution in [2.75, 3.05) is 7.11 Å². The van der Waals surface area contributed by atoms with Crippen LogP contribution in [0.1, 0.15) is 92.2 Å². The molecule has 11 heteroatoms. The van der Waals surface area contributed by atoms with E-state index in [0.717, 1.165) is 0 Å². The molecule has 0 radical (unpaired) electrons. The third kappa shape index (κ3) is 3.83. The predicted octanol–water partition coefficient (Wildman–Crippen LogP) is 4.41. The van der Waals surface area contributed by atoms with Crippen molar-refractivity contribution in [3.8, 4) is 0 Å². The van der Waals surface area contributed by atoms with Crippen molar-refractivity contribution in [1.29, 1.82) is 0 Å². The van der Waals surface area contributed by atoms with Gasteiger partial charge in [0.1, 0.15) is 11.7 Å². The summed E-state index contributed by atoms with van der Waals surface area (Å²) in [6.45, 7) is 12.1. The van der Waals surface area contributed by atoms with Crippen molar-refractivity contribution >= 4 is 29.7 Å². The number of carbonyl (C=O) groups excluding carboxylic acids is 5. The summed E-state index contributed by atoms with van der Waals surface area (Å²) in [5, 5.41) is 13.2. The molecule has 2 bridgehead atoms. The molecule has 9 atom stereocenters. The van der Waals surface area contributed by atoms with Gasteiger partial charge in [0, 0.05) is 33.8 Å². The van der Waals surface area contributed by atoms with E-state index in [-0.39, 0.29) is 24.8 Å². The first kappa shape index (κ1) is 32.5. The maximum absolute atomic E-state index is 15.5. The quantitative estimate of drug-likeness (QED) is 0.333. The summed E-state index contributed by atoms with van der Waals surface area (Å²) in [4.78, 5) is 68.8. The van der Waals surface area contributed by atoms with Crippen LogP contribution in [0.3, 0.4) is 0 Å². The Morgan fingerprint density at radius 1 is 1.07 bits per heavy atom. The summed E-state index contributed by atoms with van der Waals surface area (Å²) in [5.74, 6) is -5.61. The fourth-order valence-corrected chi connectivity index (χ4v) is 10.0. The van der Waals surface area contributed by atoms with E-state index in [0.29, 0.717) is 24.0 Å². The SMILES string of the molecule is COC(=O)C[C@H]1[C@]2(C)C[C@@]3(O)[C@]1(C)[C@H]1CC[C@@]4(C)C(=C1C(=O)[C@]3(OC(=O)C(C)C)[C@@H]2OC(=O)C(C)C)CC(=O)O[C@@H]4c1ccoc1. The zero-order valence-electron chi connectivity index (χ0n) is 27.8. The Labute approximate surface area is 268 Å². The lowest BCUT2D eigenvalue weighted by atomic mass is 9.41. The molecule has 0 spiro atoms. The van der Waals surface area contributed by atoms with Gasteiger partial charge in [-0.1, -0.05) is 48.5 Å². The van der Waals surface area contributed by atoms with E-state index in [1.54, 1.807) is 40.7 Å². The number of carbonyl (C=O) groups is 5. The van der Waals surface area contributed by atoms with Crippen molar-refractivity contribution in [2.45, 2.75) is 104 Å². The highest BCUT2D eigenvalue weighted by Gasteiger charge is 2.92. The number of furan rings is 1. The molecule has 4 fully saturated rings. The Bertz CT molecular complexity index is 1540. The van der Waals surface area contributed by atoms with Gasteiger partial charge in [-0.2, -0.15) is 0 Å². The number of cyclic esters (lactones) is 1. The molecule has 11 nitrogen and oxygen atoms in total. The van der Waals surface area contributed by atoms with E-state index in [1.165, 1.54) is 19.6 Å². The lowest BCUT2D eigenvalue weighted by molar-refractivity contribution is -0.281. The molecule has 1 aromatic rings.